The second-order valence-corrected chi connectivity index (χ2v) is 8.30. The van der Waals surface area contributed by atoms with Crippen molar-refractivity contribution in [3.8, 4) is 0 Å². The smallest absolute Gasteiger partial charge is 0.350 e. The van der Waals surface area contributed by atoms with Gasteiger partial charge >= 0.3 is 11.7 Å². The van der Waals surface area contributed by atoms with Crippen LogP contribution in [0.4, 0.5) is 5.69 Å². The third-order valence-corrected chi connectivity index (χ3v) is 5.91. The van der Waals surface area contributed by atoms with E-state index in [9.17, 15) is 14.4 Å². The lowest BCUT2D eigenvalue weighted by molar-refractivity contribution is -0.117. The van der Waals surface area contributed by atoms with E-state index in [0.29, 0.717) is 32.7 Å². The van der Waals surface area contributed by atoms with Gasteiger partial charge in [0.2, 0.25) is 5.91 Å². The van der Waals surface area contributed by atoms with Crippen LogP contribution >= 0.6 is 23.4 Å². The average Bonchev–Trinajstić information content (AvgIpc) is 3.14. The fourth-order valence-corrected chi connectivity index (χ4v) is 4.07. The number of aromatic nitrogens is 4. The predicted octanol–water partition coefficient (Wildman–Crippen LogP) is 3.26. The number of nitrogens with one attached hydrogen (secondary N) is 1. The Hall–Kier alpha value is -3.63. The number of halogens is 1. The lowest BCUT2D eigenvalue weighted by Gasteiger charge is -2.06. The molecule has 1 N–H and O–H groups in total. The molecule has 0 saturated carbocycles. The number of nitrogens with zero attached hydrogens (tertiary/aromatic N) is 4. The van der Waals surface area contributed by atoms with Gasteiger partial charge in [-0.05, 0) is 35.9 Å². The molecule has 0 saturated heterocycles. The van der Waals surface area contributed by atoms with Crippen molar-refractivity contribution in [3.05, 3.63) is 87.6 Å². The monoisotopic (exact) mass is 483 g/mol. The Morgan fingerprint density at radius 1 is 1.18 bits per heavy atom. The van der Waals surface area contributed by atoms with E-state index in [1.807, 2.05) is 24.3 Å². The Balaban J connectivity index is 1.50. The molecule has 2 aromatic carbocycles. The van der Waals surface area contributed by atoms with Gasteiger partial charge in [0.25, 0.3) is 0 Å². The summed E-state index contributed by atoms with van der Waals surface area (Å²) < 4.78 is 7.10. The number of fused-ring (bicyclic) bond motifs is 1. The molecule has 0 aliphatic rings. The van der Waals surface area contributed by atoms with Gasteiger partial charge in [0.05, 0.1) is 12.7 Å². The number of rotatable bonds is 7. The van der Waals surface area contributed by atoms with Gasteiger partial charge in [0.15, 0.2) is 5.65 Å². The maximum atomic E-state index is 12.7. The van der Waals surface area contributed by atoms with Crippen LogP contribution in [0.15, 0.2) is 70.7 Å². The van der Waals surface area contributed by atoms with Crippen LogP contribution in [-0.2, 0) is 21.8 Å². The molecule has 0 aliphatic heterocycles. The Bertz CT molecular complexity index is 1380. The summed E-state index contributed by atoms with van der Waals surface area (Å²) in [4.78, 5) is 41.3. The summed E-state index contributed by atoms with van der Waals surface area (Å²) in [5.41, 5.74) is 1.65. The largest absolute Gasteiger partial charge is 0.465 e. The van der Waals surface area contributed by atoms with Crippen LogP contribution in [0.25, 0.3) is 5.65 Å². The van der Waals surface area contributed by atoms with Gasteiger partial charge in [-0.15, -0.1) is 5.10 Å². The van der Waals surface area contributed by atoms with Crippen LogP contribution in [0, 0.1) is 0 Å². The molecule has 33 heavy (non-hydrogen) atoms. The van der Waals surface area contributed by atoms with Crippen LogP contribution < -0.4 is 11.0 Å². The summed E-state index contributed by atoms with van der Waals surface area (Å²) >= 11 is 7.35. The number of ether oxygens (including phenoxy) is 1. The molecular weight excluding hydrogens is 466 g/mol. The molecule has 1 amide bonds. The average molecular weight is 484 g/mol. The van der Waals surface area contributed by atoms with Crippen LogP contribution in [0.3, 0.4) is 0 Å². The van der Waals surface area contributed by atoms with Crippen molar-refractivity contribution < 1.29 is 14.3 Å². The first-order valence-corrected chi connectivity index (χ1v) is 11.1. The van der Waals surface area contributed by atoms with Crippen molar-refractivity contribution in [2.45, 2.75) is 17.3 Å². The van der Waals surface area contributed by atoms with Crippen molar-refractivity contribution in [3.63, 3.8) is 0 Å². The van der Waals surface area contributed by atoms with Crippen LogP contribution in [0.1, 0.15) is 15.9 Å². The van der Waals surface area contributed by atoms with E-state index in [-0.39, 0.29) is 6.54 Å². The lowest BCUT2D eigenvalue weighted by atomic mass is 10.2. The molecule has 0 atom stereocenters. The maximum absolute atomic E-state index is 12.7. The minimum absolute atomic E-state index is 0.300. The molecule has 4 aromatic rings. The minimum atomic E-state index is -0.515. The van der Waals surface area contributed by atoms with Gasteiger partial charge in [0.1, 0.15) is 11.6 Å². The molecule has 4 rings (SSSR count). The maximum Gasteiger partial charge on any atom is 0.350 e. The molecule has 0 radical (unpaired) electrons. The van der Waals surface area contributed by atoms with Crippen molar-refractivity contribution in [1.29, 1.82) is 0 Å². The zero-order valence-electron chi connectivity index (χ0n) is 17.4. The molecule has 11 heteroatoms. The molecule has 0 aliphatic carbocycles. The summed E-state index contributed by atoms with van der Waals surface area (Å²) in [6.07, 6.45) is 3.02. The van der Waals surface area contributed by atoms with Crippen LogP contribution in [0.2, 0.25) is 5.02 Å². The van der Waals surface area contributed by atoms with Gasteiger partial charge in [-0.2, -0.15) is 0 Å². The summed E-state index contributed by atoms with van der Waals surface area (Å²) in [5.74, 6) is -0.369. The van der Waals surface area contributed by atoms with E-state index in [4.69, 9.17) is 11.6 Å². The molecule has 2 heterocycles. The molecule has 0 unspecified atom stereocenters. The number of thioether (sulfide) groups is 1. The number of amides is 1. The topological polar surface area (TPSA) is 108 Å². The van der Waals surface area contributed by atoms with E-state index in [1.165, 1.54) is 41.7 Å². The van der Waals surface area contributed by atoms with Crippen molar-refractivity contribution in [1.82, 2.24) is 19.2 Å². The quantitative estimate of drug-likeness (QED) is 0.317. The molecule has 0 bridgehead atoms. The first kappa shape index (κ1) is 22.6. The second kappa shape index (κ2) is 9.88. The van der Waals surface area contributed by atoms with Crippen molar-refractivity contribution in [2.75, 3.05) is 12.4 Å². The van der Waals surface area contributed by atoms with Crippen molar-refractivity contribution >= 4 is 46.6 Å². The van der Waals surface area contributed by atoms with Gasteiger partial charge < -0.3 is 10.1 Å². The number of esters is 1. The number of hydrogen-bond donors (Lipinski definition) is 1. The van der Waals surface area contributed by atoms with Crippen LogP contribution in [-0.4, -0.2) is 38.2 Å². The lowest BCUT2D eigenvalue weighted by Crippen LogP contribution is -2.28. The molecular formula is C22H18ClN5O4S. The Morgan fingerprint density at radius 3 is 2.73 bits per heavy atom. The number of anilines is 1. The predicted molar refractivity (Wildman–Crippen MR) is 125 cm³/mol. The first-order valence-electron chi connectivity index (χ1n) is 9.74. The summed E-state index contributed by atoms with van der Waals surface area (Å²) in [7, 11) is 1.28. The fourth-order valence-electron chi connectivity index (χ4n) is 3.04. The Labute approximate surface area is 197 Å². The number of carbonyl (C=O) groups excluding carboxylic acids is 2. The zero-order valence-corrected chi connectivity index (χ0v) is 19.0. The third kappa shape index (κ3) is 5.24. The van der Waals surface area contributed by atoms with E-state index in [0.717, 1.165) is 10.2 Å². The van der Waals surface area contributed by atoms with E-state index >= 15 is 0 Å². The highest BCUT2D eigenvalue weighted by Crippen LogP contribution is 2.24. The number of carbonyl (C=O) groups is 2. The number of benzene rings is 2. The first-order chi connectivity index (χ1) is 15.9. The molecule has 168 valence electrons. The number of methoxy groups -OCH3 is 1. The van der Waals surface area contributed by atoms with Gasteiger partial charge in [-0.1, -0.05) is 41.6 Å². The molecule has 0 fully saturated rings. The summed E-state index contributed by atoms with van der Waals surface area (Å²) in [6, 6.07) is 13.8. The van der Waals surface area contributed by atoms with E-state index in [1.54, 1.807) is 18.2 Å². The second-order valence-electron chi connectivity index (χ2n) is 6.90. The van der Waals surface area contributed by atoms with Crippen molar-refractivity contribution in [2.24, 2.45) is 0 Å². The van der Waals surface area contributed by atoms with Crippen LogP contribution in [0.5, 0.6) is 0 Å². The number of hydrogen-bond acceptors (Lipinski definition) is 7. The fraction of sp³-hybridized carbons (Fsp3) is 0.136. The highest BCUT2D eigenvalue weighted by atomic mass is 35.5. The SMILES string of the molecule is COC(=O)c1cccc(NC(=O)Cn2nc3c(SCc4ccc(Cl)cc4)nccn3c2=O)c1. The highest BCUT2D eigenvalue weighted by Gasteiger charge is 2.15. The highest BCUT2D eigenvalue weighted by molar-refractivity contribution is 7.98. The minimum Gasteiger partial charge on any atom is -0.465 e. The molecule has 9 nitrogen and oxygen atoms in total. The Kier molecular flexibility index (Phi) is 6.76. The van der Waals surface area contributed by atoms with Gasteiger partial charge in [-0.3, -0.25) is 4.79 Å². The standard InChI is InChI=1S/C22H18ClN5O4S/c1-32-21(30)15-3-2-4-17(11-15)25-18(29)12-28-22(31)27-10-9-24-20(19(27)26-28)33-13-14-5-7-16(23)8-6-14/h2-11H,12-13H2,1H3,(H,25,29). The van der Waals surface area contributed by atoms with Gasteiger partial charge in [-0.25, -0.2) is 23.7 Å². The molecule has 0 spiro atoms. The van der Waals surface area contributed by atoms with E-state index in [2.05, 4.69) is 20.1 Å². The Morgan fingerprint density at radius 2 is 1.97 bits per heavy atom. The normalized spacial score (nSPS) is 10.8. The zero-order chi connectivity index (χ0) is 23.4. The summed E-state index contributed by atoms with van der Waals surface area (Å²) in [5, 5.41) is 8.19. The molecule has 2 aromatic heterocycles. The third-order valence-electron chi connectivity index (χ3n) is 4.62. The summed E-state index contributed by atoms with van der Waals surface area (Å²) in [6.45, 7) is -0.301. The van der Waals surface area contributed by atoms with Gasteiger partial charge in [0, 0.05) is 28.9 Å². The van der Waals surface area contributed by atoms with E-state index < -0.39 is 17.6 Å².